The second-order valence-corrected chi connectivity index (χ2v) is 4.91. The fourth-order valence-electron chi connectivity index (χ4n) is 2.22. The van der Waals surface area contributed by atoms with Gasteiger partial charge in [-0.2, -0.15) is 0 Å². The minimum Gasteiger partial charge on any atom is -0.394 e. The zero-order valence-corrected chi connectivity index (χ0v) is 10.7. The summed E-state index contributed by atoms with van der Waals surface area (Å²) in [6.07, 6.45) is 1.21. The lowest BCUT2D eigenvalue weighted by Gasteiger charge is -2.13. The summed E-state index contributed by atoms with van der Waals surface area (Å²) in [4.78, 5) is 11.9. The van der Waals surface area contributed by atoms with Crippen molar-refractivity contribution in [3.63, 3.8) is 0 Å². The predicted octanol–water partition coefficient (Wildman–Crippen LogP) is 1.96. The van der Waals surface area contributed by atoms with Gasteiger partial charge in [0.05, 0.1) is 12.6 Å². The van der Waals surface area contributed by atoms with Crippen molar-refractivity contribution in [2.45, 2.75) is 31.7 Å². The Bertz CT molecular complexity index is 475. The van der Waals surface area contributed by atoms with Crippen LogP contribution in [-0.4, -0.2) is 23.7 Å². The molecule has 3 unspecified atom stereocenters. The molecule has 1 fully saturated rings. The van der Waals surface area contributed by atoms with Gasteiger partial charge in [0.2, 0.25) is 5.91 Å². The van der Waals surface area contributed by atoms with Crippen molar-refractivity contribution in [3.05, 3.63) is 35.4 Å². The van der Waals surface area contributed by atoms with Gasteiger partial charge in [0.1, 0.15) is 11.6 Å². The van der Waals surface area contributed by atoms with Crippen molar-refractivity contribution in [2.24, 2.45) is 5.92 Å². The minimum atomic E-state index is -0.616. The quantitative estimate of drug-likeness (QED) is 0.858. The smallest absolute Gasteiger partial charge is 0.224 e. The van der Waals surface area contributed by atoms with Crippen molar-refractivity contribution in [1.29, 1.82) is 0 Å². The van der Waals surface area contributed by atoms with Gasteiger partial charge < -0.3 is 10.4 Å². The van der Waals surface area contributed by atoms with Crippen LogP contribution >= 0.6 is 0 Å². The summed E-state index contributed by atoms with van der Waals surface area (Å²) in [5.74, 6) is -1.85. The van der Waals surface area contributed by atoms with E-state index in [1.54, 1.807) is 0 Å². The van der Waals surface area contributed by atoms with E-state index >= 15 is 0 Å². The first-order valence-corrected chi connectivity index (χ1v) is 6.43. The molecular formula is C14H17F2NO2. The second-order valence-electron chi connectivity index (χ2n) is 4.91. The third-order valence-corrected chi connectivity index (χ3v) is 3.55. The molecule has 2 rings (SSSR count). The maximum Gasteiger partial charge on any atom is 0.224 e. The number of hydrogen-bond donors (Lipinski definition) is 2. The summed E-state index contributed by atoms with van der Waals surface area (Å²) in [6, 6.07) is 3.18. The molecule has 1 aromatic carbocycles. The molecule has 3 atom stereocenters. The van der Waals surface area contributed by atoms with Crippen molar-refractivity contribution < 1.29 is 18.7 Å². The summed E-state index contributed by atoms with van der Waals surface area (Å²) in [6.45, 7) is 1.76. The number of aliphatic hydroxyl groups excluding tert-OH is 1. The second kappa shape index (κ2) is 5.65. The van der Waals surface area contributed by atoms with Gasteiger partial charge in [-0.3, -0.25) is 4.79 Å². The summed E-state index contributed by atoms with van der Waals surface area (Å²) >= 11 is 0. The number of nitrogens with one attached hydrogen (secondary N) is 1. The number of carbonyl (C=O) groups is 1. The first-order chi connectivity index (χ1) is 9.06. The van der Waals surface area contributed by atoms with Gasteiger partial charge >= 0.3 is 0 Å². The minimum absolute atomic E-state index is 0.107. The number of hydrogen-bond acceptors (Lipinski definition) is 2. The first-order valence-electron chi connectivity index (χ1n) is 6.43. The number of rotatable bonds is 5. The molecule has 19 heavy (non-hydrogen) atoms. The van der Waals surface area contributed by atoms with Gasteiger partial charge in [0, 0.05) is 12.0 Å². The fourth-order valence-corrected chi connectivity index (χ4v) is 2.22. The van der Waals surface area contributed by atoms with E-state index in [2.05, 4.69) is 5.32 Å². The number of carbonyl (C=O) groups excluding carboxylic acids is 1. The Kier molecular flexibility index (Phi) is 4.14. The number of amides is 1. The van der Waals surface area contributed by atoms with E-state index < -0.39 is 11.6 Å². The van der Waals surface area contributed by atoms with Gasteiger partial charge in [0.15, 0.2) is 0 Å². The highest BCUT2D eigenvalue weighted by Gasteiger charge is 2.45. The molecule has 1 amide bonds. The molecule has 0 spiro atoms. The van der Waals surface area contributed by atoms with E-state index in [4.69, 9.17) is 5.11 Å². The zero-order chi connectivity index (χ0) is 14.0. The fraction of sp³-hybridized carbons (Fsp3) is 0.500. The van der Waals surface area contributed by atoms with Crippen LogP contribution in [0.3, 0.4) is 0 Å². The van der Waals surface area contributed by atoms with E-state index in [0.29, 0.717) is 18.4 Å². The number of benzene rings is 1. The molecule has 104 valence electrons. The van der Waals surface area contributed by atoms with Crippen molar-refractivity contribution in [1.82, 2.24) is 5.32 Å². The highest BCUT2D eigenvalue weighted by molar-refractivity contribution is 5.83. The van der Waals surface area contributed by atoms with Crippen LogP contribution in [-0.2, 0) is 4.79 Å². The van der Waals surface area contributed by atoms with Gasteiger partial charge in [-0.1, -0.05) is 13.0 Å². The van der Waals surface area contributed by atoms with Gasteiger partial charge in [-0.15, -0.1) is 0 Å². The maximum absolute atomic E-state index is 13.6. The summed E-state index contributed by atoms with van der Waals surface area (Å²) in [7, 11) is 0. The van der Waals surface area contributed by atoms with E-state index in [1.807, 2.05) is 6.92 Å². The Labute approximate surface area is 110 Å². The topological polar surface area (TPSA) is 49.3 Å². The molecule has 0 heterocycles. The highest BCUT2D eigenvalue weighted by atomic mass is 19.1. The normalized spacial score (nSPS) is 22.9. The zero-order valence-electron chi connectivity index (χ0n) is 10.7. The lowest BCUT2D eigenvalue weighted by atomic mass is 10.1. The Balaban J connectivity index is 1.98. The number of halogens is 2. The molecule has 1 aromatic rings. The maximum atomic E-state index is 13.6. The van der Waals surface area contributed by atoms with Crippen LogP contribution in [0.5, 0.6) is 0 Å². The molecule has 2 N–H and O–H groups in total. The van der Waals surface area contributed by atoms with Gasteiger partial charge in [0.25, 0.3) is 0 Å². The first kappa shape index (κ1) is 13.9. The lowest BCUT2D eigenvalue weighted by Crippen LogP contribution is -2.38. The highest BCUT2D eigenvalue weighted by Crippen LogP contribution is 2.48. The summed E-state index contributed by atoms with van der Waals surface area (Å²) < 4.78 is 26.4. The Morgan fingerprint density at radius 3 is 2.84 bits per heavy atom. The summed E-state index contributed by atoms with van der Waals surface area (Å²) in [5, 5.41) is 11.7. The Morgan fingerprint density at radius 2 is 2.26 bits per heavy atom. The van der Waals surface area contributed by atoms with Crippen LogP contribution in [0.4, 0.5) is 8.78 Å². The molecule has 0 bridgehead atoms. The Hall–Kier alpha value is -1.49. The van der Waals surface area contributed by atoms with E-state index in [1.165, 1.54) is 12.1 Å². The van der Waals surface area contributed by atoms with Crippen LogP contribution in [0.25, 0.3) is 0 Å². The van der Waals surface area contributed by atoms with E-state index in [9.17, 15) is 13.6 Å². The SMILES string of the molecule is CCC(CO)NC(=O)C1CC1c1ccc(F)cc1F. The van der Waals surface area contributed by atoms with Crippen molar-refractivity contribution in [3.8, 4) is 0 Å². The van der Waals surface area contributed by atoms with E-state index in [0.717, 1.165) is 6.07 Å². The van der Waals surface area contributed by atoms with Crippen molar-refractivity contribution >= 4 is 5.91 Å². The average molecular weight is 269 g/mol. The molecule has 5 heteroatoms. The van der Waals surface area contributed by atoms with E-state index in [-0.39, 0.29) is 30.4 Å². The molecule has 0 saturated heterocycles. The summed E-state index contributed by atoms with van der Waals surface area (Å²) in [5.41, 5.74) is 0.388. The van der Waals surface area contributed by atoms with Crippen LogP contribution < -0.4 is 5.32 Å². The largest absolute Gasteiger partial charge is 0.394 e. The third-order valence-electron chi connectivity index (χ3n) is 3.55. The molecule has 0 radical (unpaired) electrons. The molecule has 1 aliphatic rings. The molecule has 1 aliphatic carbocycles. The van der Waals surface area contributed by atoms with Crippen molar-refractivity contribution in [2.75, 3.05) is 6.61 Å². The van der Waals surface area contributed by atoms with Crippen LogP contribution in [0, 0.1) is 17.6 Å². The average Bonchev–Trinajstić information content (AvgIpc) is 3.15. The van der Waals surface area contributed by atoms with Crippen LogP contribution in [0.2, 0.25) is 0 Å². The van der Waals surface area contributed by atoms with Gasteiger partial charge in [-0.25, -0.2) is 8.78 Å². The number of aliphatic hydroxyl groups is 1. The van der Waals surface area contributed by atoms with Crippen LogP contribution in [0.15, 0.2) is 18.2 Å². The van der Waals surface area contributed by atoms with Crippen LogP contribution in [0.1, 0.15) is 31.2 Å². The molecule has 3 nitrogen and oxygen atoms in total. The van der Waals surface area contributed by atoms with Gasteiger partial charge in [-0.05, 0) is 30.4 Å². The molecular weight excluding hydrogens is 252 g/mol. The standard InChI is InChI=1S/C14H17F2NO2/c1-2-9(7-18)17-14(19)12-6-11(12)10-4-3-8(15)5-13(10)16/h3-5,9,11-12,18H,2,6-7H2,1H3,(H,17,19). The third kappa shape index (κ3) is 3.10. The monoisotopic (exact) mass is 269 g/mol. The molecule has 0 aromatic heterocycles. The Morgan fingerprint density at radius 1 is 1.53 bits per heavy atom. The predicted molar refractivity (Wildman–Crippen MR) is 66.5 cm³/mol. The molecule has 1 saturated carbocycles. The molecule has 0 aliphatic heterocycles. The lowest BCUT2D eigenvalue weighted by molar-refractivity contribution is -0.123.